The van der Waals surface area contributed by atoms with Gasteiger partial charge < -0.3 is 9.80 Å². The zero-order valence-electron chi connectivity index (χ0n) is 28.3. The fourth-order valence-corrected chi connectivity index (χ4v) is 6.58. The maximum Gasteiger partial charge on any atom is 0.101 e. The van der Waals surface area contributed by atoms with Crippen LogP contribution in [-0.4, -0.2) is 29.1 Å². The third kappa shape index (κ3) is 22.0. The summed E-state index contributed by atoms with van der Waals surface area (Å²) in [6.45, 7) is 9.49. The molecule has 0 bridgehead atoms. The highest BCUT2D eigenvalue weighted by Crippen LogP contribution is 2.22. The predicted octanol–water partition coefficient (Wildman–Crippen LogP) is 13.2. The molecule has 1 rings (SSSR count). The van der Waals surface area contributed by atoms with E-state index in [1.54, 1.807) is 0 Å². The van der Waals surface area contributed by atoms with Crippen molar-refractivity contribution >= 4 is 0 Å². The molecule has 1 aliphatic heterocycles. The second kappa shape index (κ2) is 29.8. The lowest BCUT2D eigenvalue weighted by molar-refractivity contribution is 0.138. The lowest BCUT2D eigenvalue weighted by Gasteiger charge is -2.33. The molecule has 0 aromatic rings. The number of nitrogens with zero attached hydrogens (tertiary/aromatic N) is 2. The van der Waals surface area contributed by atoms with Crippen LogP contribution in [0.5, 0.6) is 0 Å². The predicted molar refractivity (Wildman–Crippen MR) is 182 cm³/mol. The van der Waals surface area contributed by atoms with Crippen LogP contribution in [-0.2, 0) is 0 Å². The molecule has 1 aliphatic rings. The minimum atomic E-state index is 0.633. The molecule has 2 nitrogen and oxygen atoms in total. The van der Waals surface area contributed by atoms with Crippen LogP contribution in [0.25, 0.3) is 0 Å². The molecule has 0 radical (unpaired) electrons. The van der Waals surface area contributed by atoms with Gasteiger partial charge in [0.1, 0.15) is 6.17 Å². The minimum Gasteiger partial charge on any atom is -0.356 e. The molecule has 1 heterocycles. The van der Waals surface area contributed by atoms with Crippen molar-refractivity contribution in [2.75, 3.05) is 13.1 Å². The van der Waals surface area contributed by atoms with E-state index in [1.165, 1.54) is 206 Å². The van der Waals surface area contributed by atoms with E-state index in [2.05, 4.69) is 43.0 Å². The summed E-state index contributed by atoms with van der Waals surface area (Å²) in [6, 6.07) is 0. The molecular weight excluding hydrogens is 484 g/mol. The SMILES string of the molecule is CCCCCCCCCCCCCCCCCCN1C=CN(CCCCCCCCCCCCCC)C1CCC. The van der Waals surface area contributed by atoms with Crippen LogP contribution in [0.1, 0.15) is 213 Å². The van der Waals surface area contributed by atoms with Gasteiger partial charge in [-0.2, -0.15) is 0 Å². The molecular formula is C38H76N2. The number of unbranched alkanes of at least 4 members (excludes halogenated alkanes) is 26. The summed E-state index contributed by atoms with van der Waals surface area (Å²) >= 11 is 0. The van der Waals surface area contributed by atoms with E-state index in [0.717, 1.165) is 0 Å². The molecule has 0 spiro atoms. The van der Waals surface area contributed by atoms with Gasteiger partial charge in [0.25, 0.3) is 0 Å². The van der Waals surface area contributed by atoms with Crippen LogP contribution in [0, 0.1) is 0 Å². The molecule has 0 N–H and O–H groups in total. The molecule has 0 saturated carbocycles. The second-order valence-electron chi connectivity index (χ2n) is 13.2. The largest absolute Gasteiger partial charge is 0.356 e. The van der Waals surface area contributed by atoms with Gasteiger partial charge in [0.2, 0.25) is 0 Å². The highest BCUT2D eigenvalue weighted by atomic mass is 15.4. The summed E-state index contributed by atoms with van der Waals surface area (Å²) in [6.07, 6.45) is 48.5. The van der Waals surface area contributed by atoms with E-state index in [4.69, 9.17) is 0 Å². The van der Waals surface area contributed by atoms with Crippen molar-refractivity contribution in [2.24, 2.45) is 0 Å². The van der Waals surface area contributed by atoms with Crippen LogP contribution >= 0.6 is 0 Å². The first-order chi connectivity index (χ1) is 19.8. The van der Waals surface area contributed by atoms with E-state index in [-0.39, 0.29) is 0 Å². The van der Waals surface area contributed by atoms with Gasteiger partial charge in [0, 0.05) is 25.5 Å². The third-order valence-electron chi connectivity index (χ3n) is 9.30. The van der Waals surface area contributed by atoms with Crippen LogP contribution in [0.2, 0.25) is 0 Å². The van der Waals surface area contributed by atoms with Gasteiger partial charge in [0.05, 0.1) is 0 Å². The van der Waals surface area contributed by atoms with Gasteiger partial charge in [-0.3, -0.25) is 0 Å². The fourth-order valence-electron chi connectivity index (χ4n) is 6.58. The molecule has 238 valence electrons. The number of hydrogen-bond acceptors (Lipinski definition) is 2. The van der Waals surface area contributed by atoms with Gasteiger partial charge in [-0.05, 0) is 19.3 Å². The van der Waals surface area contributed by atoms with E-state index in [1.807, 2.05) is 0 Å². The quantitative estimate of drug-likeness (QED) is 0.0755. The molecule has 0 aromatic carbocycles. The summed E-state index contributed by atoms with van der Waals surface area (Å²) in [7, 11) is 0. The summed E-state index contributed by atoms with van der Waals surface area (Å²) in [4.78, 5) is 5.32. The monoisotopic (exact) mass is 561 g/mol. The van der Waals surface area contributed by atoms with E-state index < -0.39 is 0 Å². The van der Waals surface area contributed by atoms with Gasteiger partial charge in [-0.15, -0.1) is 0 Å². The van der Waals surface area contributed by atoms with Crippen LogP contribution < -0.4 is 0 Å². The average Bonchev–Trinajstić information content (AvgIpc) is 3.34. The second-order valence-corrected chi connectivity index (χ2v) is 13.2. The van der Waals surface area contributed by atoms with Crippen LogP contribution in [0.4, 0.5) is 0 Å². The standard InChI is InChI=1S/C38H76N2/c1-4-7-9-11-13-15-17-19-20-21-22-24-26-28-30-32-35-40-37-36-39(38(40)33-6-3)34-31-29-27-25-23-18-16-14-12-10-8-5-2/h36-38H,4-35H2,1-3H3. The molecule has 1 atom stereocenters. The highest BCUT2D eigenvalue weighted by Gasteiger charge is 2.24. The molecule has 0 saturated heterocycles. The van der Waals surface area contributed by atoms with E-state index >= 15 is 0 Å². The van der Waals surface area contributed by atoms with Crippen LogP contribution in [0.15, 0.2) is 12.4 Å². The molecule has 0 amide bonds. The third-order valence-corrected chi connectivity index (χ3v) is 9.30. The average molecular weight is 561 g/mol. The Kier molecular flexibility index (Phi) is 27.9. The van der Waals surface area contributed by atoms with E-state index in [0.29, 0.717) is 6.17 Å². The summed E-state index contributed by atoms with van der Waals surface area (Å²) in [5.74, 6) is 0. The molecule has 40 heavy (non-hydrogen) atoms. The zero-order valence-corrected chi connectivity index (χ0v) is 28.3. The lowest BCUT2D eigenvalue weighted by atomic mass is 10.0. The van der Waals surface area contributed by atoms with Crippen LogP contribution in [0.3, 0.4) is 0 Å². The Bertz CT molecular complexity index is 516. The molecule has 1 unspecified atom stereocenters. The Balaban J connectivity index is 1.93. The first-order valence-electron chi connectivity index (χ1n) is 19.0. The van der Waals surface area contributed by atoms with Crippen molar-refractivity contribution in [1.29, 1.82) is 0 Å². The van der Waals surface area contributed by atoms with Crippen molar-refractivity contribution in [3.8, 4) is 0 Å². The highest BCUT2D eigenvalue weighted by molar-refractivity contribution is 4.96. The summed E-state index contributed by atoms with van der Waals surface area (Å²) < 4.78 is 0. The van der Waals surface area contributed by atoms with Gasteiger partial charge in [-0.25, -0.2) is 0 Å². The topological polar surface area (TPSA) is 6.48 Å². The first-order valence-corrected chi connectivity index (χ1v) is 19.0. The zero-order chi connectivity index (χ0) is 28.8. The molecule has 2 heteroatoms. The van der Waals surface area contributed by atoms with Crippen molar-refractivity contribution in [3.05, 3.63) is 12.4 Å². The Morgan fingerprint density at radius 2 is 0.575 bits per heavy atom. The Labute approximate surface area is 254 Å². The van der Waals surface area contributed by atoms with Gasteiger partial charge >= 0.3 is 0 Å². The van der Waals surface area contributed by atoms with Crippen molar-refractivity contribution in [1.82, 2.24) is 9.80 Å². The van der Waals surface area contributed by atoms with Crippen molar-refractivity contribution in [2.45, 2.75) is 220 Å². The minimum absolute atomic E-state index is 0.633. The van der Waals surface area contributed by atoms with Gasteiger partial charge in [-0.1, -0.05) is 194 Å². The Hall–Kier alpha value is -0.660. The fraction of sp³-hybridized carbons (Fsp3) is 0.947. The Morgan fingerprint density at radius 1 is 0.325 bits per heavy atom. The van der Waals surface area contributed by atoms with E-state index in [9.17, 15) is 0 Å². The lowest BCUT2D eigenvalue weighted by Crippen LogP contribution is -2.39. The molecule has 0 aliphatic carbocycles. The molecule has 0 fully saturated rings. The summed E-state index contributed by atoms with van der Waals surface area (Å²) in [5.41, 5.74) is 0. The smallest absolute Gasteiger partial charge is 0.101 e. The molecule has 0 aromatic heterocycles. The number of rotatable bonds is 32. The first kappa shape index (κ1) is 37.4. The maximum absolute atomic E-state index is 2.66. The van der Waals surface area contributed by atoms with Crippen molar-refractivity contribution in [3.63, 3.8) is 0 Å². The normalized spacial score (nSPS) is 15.1. The van der Waals surface area contributed by atoms with Gasteiger partial charge in [0.15, 0.2) is 0 Å². The number of hydrogen-bond donors (Lipinski definition) is 0. The Morgan fingerprint density at radius 3 is 0.825 bits per heavy atom. The van der Waals surface area contributed by atoms with Crippen molar-refractivity contribution < 1.29 is 0 Å². The summed E-state index contributed by atoms with van der Waals surface area (Å²) in [5, 5.41) is 0. The maximum atomic E-state index is 2.66.